The van der Waals surface area contributed by atoms with E-state index in [1.807, 2.05) is 0 Å². The van der Waals surface area contributed by atoms with Crippen molar-refractivity contribution in [3.63, 3.8) is 0 Å². The van der Waals surface area contributed by atoms with Crippen LogP contribution in [0.2, 0.25) is 0 Å². The van der Waals surface area contributed by atoms with Crippen LogP contribution in [0.5, 0.6) is 0 Å². The van der Waals surface area contributed by atoms with E-state index in [-0.39, 0.29) is 11.3 Å². The Labute approximate surface area is 112 Å². The third-order valence-electron chi connectivity index (χ3n) is 5.31. The normalized spacial score (nSPS) is 19.9. The van der Waals surface area contributed by atoms with Crippen LogP contribution in [-0.2, 0) is 4.79 Å². The van der Waals surface area contributed by atoms with Crippen LogP contribution in [0.15, 0.2) is 0 Å². The molecule has 0 aromatic rings. The molecule has 2 N–H and O–H groups in total. The van der Waals surface area contributed by atoms with Gasteiger partial charge in [0.25, 0.3) is 0 Å². The molecule has 0 spiro atoms. The van der Waals surface area contributed by atoms with Crippen molar-refractivity contribution in [1.29, 1.82) is 0 Å². The zero-order chi connectivity index (χ0) is 13.8. The molecule has 0 radical (unpaired) electrons. The Hall–Kier alpha value is -0.570. The van der Waals surface area contributed by atoms with Crippen molar-refractivity contribution in [2.24, 2.45) is 16.6 Å². The van der Waals surface area contributed by atoms with Crippen LogP contribution < -0.4 is 5.73 Å². The fourth-order valence-corrected chi connectivity index (χ4v) is 2.87. The molecule has 1 heterocycles. The zero-order valence-electron chi connectivity index (χ0n) is 12.6. The largest absolute Gasteiger partial charge is 0.342 e. The molecule has 0 unspecified atom stereocenters. The molecule has 1 fully saturated rings. The van der Waals surface area contributed by atoms with Gasteiger partial charge in [0.2, 0.25) is 5.91 Å². The quantitative estimate of drug-likeness (QED) is 0.820. The van der Waals surface area contributed by atoms with Crippen LogP contribution in [0, 0.1) is 10.8 Å². The third kappa shape index (κ3) is 2.87. The zero-order valence-corrected chi connectivity index (χ0v) is 12.6. The minimum absolute atomic E-state index is 0.285. The van der Waals surface area contributed by atoms with Gasteiger partial charge in [-0.05, 0) is 31.1 Å². The number of carbonyl (C=O) groups excluding carboxylic acids is 1. The Morgan fingerprint density at radius 1 is 1.22 bits per heavy atom. The SMILES string of the molecule is CCC1(C)CCN(C(=O)C(CC)(CC)CN)CC1. The van der Waals surface area contributed by atoms with E-state index in [4.69, 9.17) is 5.73 Å². The topological polar surface area (TPSA) is 46.3 Å². The summed E-state index contributed by atoms with van der Waals surface area (Å²) in [5.74, 6) is 0.285. The molecule has 1 aliphatic rings. The van der Waals surface area contributed by atoms with Gasteiger partial charge in [0.15, 0.2) is 0 Å². The molecule has 1 saturated heterocycles. The number of nitrogens with zero attached hydrogens (tertiary/aromatic N) is 1. The van der Waals surface area contributed by atoms with Crippen LogP contribution >= 0.6 is 0 Å². The molecule has 0 aromatic carbocycles. The fourth-order valence-electron chi connectivity index (χ4n) is 2.87. The highest BCUT2D eigenvalue weighted by Crippen LogP contribution is 2.36. The smallest absolute Gasteiger partial charge is 0.230 e. The first-order valence-corrected chi connectivity index (χ1v) is 7.46. The van der Waals surface area contributed by atoms with Gasteiger partial charge in [-0.15, -0.1) is 0 Å². The van der Waals surface area contributed by atoms with Gasteiger partial charge in [0, 0.05) is 19.6 Å². The number of carbonyl (C=O) groups is 1. The molecule has 0 aromatic heterocycles. The number of rotatable bonds is 5. The summed E-state index contributed by atoms with van der Waals surface area (Å²) < 4.78 is 0. The van der Waals surface area contributed by atoms with Gasteiger partial charge in [-0.2, -0.15) is 0 Å². The highest BCUT2D eigenvalue weighted by Gasteiger charge is 2.39. The predicted octanol–water partition coefficient (Wildman–Crippen LogP) is 2.79. The van der Waals surface area contributed by atoms with Crippen molar-refractivity contribution >= 4 is 5.91 Å². The standard InChI is InChI=1S/C15H30N2O/c1-5-14(4)8-10-17(11-9-14)13(18)15(6-2,7-3)12-16/h5-12,16H2,1-4H3. The Morgan fingerprint density at radius 3 is 2.06 bits per heavy atom. The summed E-state index contributed by atoms with van der Waals surface area (Å²) in [7, 11) is 0. The number of hydrogen-bond acceptors (Lipinski definition) is 2. The van der Waals surface area contributed by atoms with Gasteiger partial charge in [-0.25, -0.2) is 0 Å². The molecule has 0 saturated carbocycles. The Morgan fingerprint density at radius 2 is 1.72 bits per heavy atom. The summed E-state index contributed by atoms with van der Waals surface area (Å²) in [4.78, 5) is 14.7. The van der Waals surface area contributed by atoms with Crippen molar-refractivity contribution in [1.82, 2.24) is 4.90 Å². The maximum atomic E-state index is 12.7. The first kappa shape index (κ1) is 15.5. The Kier molecular flexibility index (Phi) is 5.20. The lowest BCUT2D eigenvalue weighted by Gasteiger charge is -2.42. The van der Waals surface area contributed by atoms with Crippen molar-refractivity contribution in [2.45, 2.75) is 59.8 Å². The van der Waals surface area contributed by atoms with Crippen molar-refractivity contribution in [3.8, 4) is 0 Å². The molecule has 1 rings (SSSR count). The summed E-state index contributed by atoms with van der Waals surface area (Å²) in [6.07, 6.45) is 5.16. The second-order valence-electron chi connectivity index (χ2n) is 6.15. The number of piperidine rings is 1. The van der Waals surface area contributed by atoms with Crippen LogP contribution in [-0.4, -0.2) is 30.4 Å². The van der Waals surface area contributed by atoms with Crippen LogP contribution in [0.25, 0.3) is 0 Å². The summed E-state index contributed by atoms with van der Waals surface area (Å²) in [6, 6.07) is 0. The van der Waals surface area contributed by atoms with E-state index >= 15 is 0 Å². The summed E-state index contributed by atoms with van der Waals surface area (Å²) in [5, 5.41) is 0. The maximum Gasteiger partial charge on any atom is 0.230 e. The van der Waals surface area contributed by atoms with E-state index < -0.39 is 0 Å². The van der Waals surface area contributed by atoms with E-state index in [9.17, 15) is 4.79 Å². The van der Waals surface area contributed by atoms with Crippen LogP contribution in [0.3, 0.4) is 0 Å². The lowest BCUT2D eigenvalue weighted by Crippen LogP contribution is -2.51. The van der Waals surface area contributed by atoms with Crippen molar-refractivity contribution in [2.75, 3.05) is 19.6 Å². The van der Waals surface area contributed by atoms with Gasteiger partial charge < -0.3 is 10.6 Å². The van der Waals surface area contributed by atoms with Crippen LogP contribution in [0.1, 0.15) is 59.8 Å². The van der Waals surface area contributed by atoms with Gasteiger partial charge >= 0.3 is 0 Å². The molecule has 0 aliphatic carbocycles. The lowest BCUT2D eigenvalue weighted by atomic mass is 9.76. The molecular formula is C15H30N2O. The number of hydrogen-bond donors (Lipinski definition) is 1. The molecule has 1 aliphatic heterocycles. The molecule has 106 valence electrons. The summed E-state index contributed by atoms with van der Waals surface area (Å²) in [6.45, 7) is 11.0. The van der Waals surface area contributed by atoms with Gasteiger partial charge in [-0.1, -0.05) is 34.1 Å². The van der Waals surface area contributed by atoms with E-state index in [2.05, 4.69) is 32.6 Å². The summed E-state index contributed by atoms with van der Waals surface area (Å²) >= 11 is 0. The van der Waals surface area contributed by atoms with E-state index in [0.717, 1.165) is 38.8 Å². The Balaban J connectivity index is 2.70. The highest BCUT2D eigenvalue weighted by atomic mass is 16.2. The average Bonchev–Trinajstić information content (AvgIpc) is 2.42. The molecule has 0 bridgehead atoms. The predicted molar refractivity (Wildman–Crippen MR) is 76.3 cm³/mol. The van der Waals surface area contributed by atoms with Crippen LogP contribution in [0.4, 0.5) is 0 Å². The van der Waals surface area contributed by atoms with Gasteiger partial charge in [0.1, 0.15) is 0 Å². The number of amides is 1. The minimum Gasteiger partial charge on any atom is -0.342 e. The third-order valence-corrected chi connectivity index (χ3v) is 5.31. The van der Waals surface area contributed by atoms with Gasteiger partial charge in [-0.3, -0.25) is 4.79 Å². The summed E-state index contributed by atoms with van der Waals surface area (Å²) in [5.41, 5.74) is 5.98. The number of likely N-dealkylation sites (tertiary alicyclic amines) is 1. The Bertz CT molecular complexity index is 268. The van der Waals surface area contributed by atoms with Crippen molar-refractivity contribution in [3.05, 3.63) is 0 Å². The van der Waals surface area contributed by atoms with E-state index in [0.29, 0.717) is 12.0 Å². The van der Waals surface area contributed by atoms with Crippen molar-refractivity contribution < 1.29 is 4.79 Å². The lowest BCUT2D eigenvalue weighted by molar-refractivity contribution is -0.144. The highest BCUT2D eigenvalue weighted by molar-refractivity contribution is 5.83. The molecule has 3 heteroatoms. The monoisotopic (exact) mass is 254 g/mol. The van der Waals surface area contributed by atoms with E-state index in [1.54, 1.807) is 0 Å². The molecule has 0 atom stereocenters. The minimum atomic E-state index is -0.319. The molecular weight excluding hydrogens is 224 g/mol. The molecule has 18 heavy (non-hydrogen) atoms. The fraction of sp³-hybridized carbons (Fsp3) is 0.933. The second kappa shape index (κ2) is 6.05. The number of nitrogens with two attached hydrogens (primary N) is 1. The first-order chi connectivity index (χ1) is 8.47. The maximum absolute atomic E-state index is 12.7. The first-order valence-electron chi connectivity index (χ1n) is 7.46. The molecule has 1 amide bonds. The second-order valence-corrected chi connectivity index (χ2v) is 6.15. The van der Waals surface area contributed by atoms with E-state index in [1.165, 1.54) is 6.42 Å². The van der Waals surface area contributed by atoms with Gasteiger partial charge in [0.05, 0.1) is 5.41 Å². The average molecular weight is 254 g/mol. The molecule has 3 nitrogen and oxygen atoms in total.